The lowest BCUT2D eigenvalue weighted by molar-refractivity contribution is -0.139. The Morgan fingerprint density at radius 1 is 1.04 bits per heavy atom. The van der Waals surface area contributed by atoms with Crippen LogP contribution in [0.1, 0.15) is 78.6 Å². The second kappa shape index (κ2) is 5.53. The van der Waals surface area contributed by atoms with Gasteiger partial charge in [0.2, 0.25) is 0 Å². The Kier molecular flexibility index (Phi) is 3.85. The van der Waals surface area contributed by atoms with Crippen molar-refractivity contribution < 1.29 is 4.74 Å². The molecule has 4 aliphatic carbocycles. The lowest BCUT2D eigenvalue weighted by Gasteiger charge is -2.61. The Balaban J connectivity index is 1.61. The average Bonchev–Trinajstić information content (AvgIpc) is 2.91. The van der Waals surface area contributed by atoms with E-state index in [1.54, 1.807) is 6.26 Å². The van der Waals surface area contributed by atoms with Crippen LogP contribution in [-0.4, -0.2) is 6.10 Å². The molecule has 0 aliphatic heterocycles. The second-order valence-corrected chi connectivity index (χ2v) is 10.0. The molecule has 0 radical (unpaired) electrons. The summed E-state index contributed by atoms with van der Waals surface area (Å²) in [7, 11) is 0. The summed E-state index contributed by atoms with van der Waals surface area (Å²) in [6.45, 7) is 11.5. The minimum atomic E-state index is 0.407. The molecule has 8 atom stereocenters. The maximum atomic E-state index is 5.96. The van der Waals surface area contributed by atoms with Crippen molar-refractivity contribution in [3.63, 3.8) is 0 Å². The molecule has 0 heterocycles. The van der Waals surface area contributed by atoms with Crippen LogP contribution in [0.15, 0.2) is 12.8 Å². The minimum absolute atomic E-state index is 0.407. The Morgan fingerprint density at radius 3 is 2.65 bits per heavy atom. The van der Waals surface area contributed by atoms with Gasteiger partial charge in [0.25, 0.3) is 0 Å². The highest BCUT2D eigenvalue weighted by Crippen LogP contribution is 2.66. The number of fused-ring (bicyclic) bond motifs is 5. The third kappa shape index (κ3) is 2.32. The maximum absolute atomic E-state index is 5.96. The summed E-state index contributed by atoms with van der Waals surface area (Å²) < 4.78 is 5.96. The first kappa shape index (κ1) is 16.0. The zero-order valence-electron chi connectivity index (χ0n) is 15.5. The van der Waals surface area contributed by atoms with Crippen molar-refractivity contribution in [3.05, 3.63) is 12.8 Å². The van der Waals surface area contributed by atoms with E-state index in [0.717, 1.165) is 23.7 Å². The first-order valence-electron chi connectivity index (χ1n) is 10.2. The van der Waals surface area contributed by atoms with E-state index in [9.17, 15) is 0 Å². The van der Waals surface area contributed by atoms with E-state index in [0.29, 0.717) is 22.9 Å². The molecule has 0 aromatic heterocycles. The van der Waals surface area contributed by atoms with Gasteiger partial charge in [0.1, 0.15) is 6.10 Å². The third-order valence-electron chi connectivity index (χ3n) is 9.05. The van der Waals surface area contributed by atoms with E-state index in [1.807, 2.05) is 0 Å². The molecular formula is C22H36O. The van der Waals surface area contributed by atoms with Gasteiger partial charge in [0, 0.05) is 0 Å². The lowest BCUT2D eigenvalue weighted by Crippen LogP contribution is -2.55. The van der Waals surface area contributed by atoms with Crippen LogP contribution in [0.25, 0.3) is 0 Å². The van der Waals surface area contributed by atoms with Gasteiger partial charge in [-0.15, -0.1) is 0 Å². The zero-order chi connectivity index (χ0) is 16.2. The number of hydrogen-bond donors (Lipinski definition) is 0. The Morgan fingerprint density at radius 2 is 1.87 bits per heavy atom. The Bertz CT molecular complexity index is 471. The summed E-state index contributed by atoms with van der Waals surface area (Å²) >= 11 is 0. The quantitative estimate of drug-likeness (QED) is 0.552. The van der Waals surface area contributed by atoms with Gasteiger partial charge in [0.05, 0.1) is 6.26 Å². The molecule has 130 valence electrons. The molecule has 4 fully saturated rings. The molecular weight excluding hydrogens is 280 g/mol. The first-order chi connectivity index (χ1) is 11.0. The van der Waals surface area contributed by atoms with Crippen molar-refractivity contribution in [2.24, 2.45) is 40.4 Å². The van der Waals surface area contributed by atoms with E-state index < -0.39 is 0 Å². The van der Waals surface area contributed by atoms with Crippen molar-refractivity contribution >= 4 is 0 Å². The van der Waals surface area contributed by atoms with Gasteiger partial charge in [-0.3, -0.25) is 0 Å². The van der Waals surface area contributed by atoms with Crippen molar-refractivity contribution in [2.45, 2.75) is 84.7 Å². The molecule has 0 saturated heterocycles. The van der Waals surface area contributed by atoms with E-state index in [2.05, 4.69) is 27.4 Å². The molecule has 0 amide bonds. The van der Waals surface area contributed by atoms with Crippen molar-refractivity contribution in [1.82, 2.24) is 0 Å². The average molecular weight is 317 g/mol. The van der Waals surface area contributed by atoms with Crippen LogP contribution in [-0.2, 0) is 4.74 Å². The third-order valence-corrected chi connectivity index (χ3v) is 9.05. The van der Waals surface area contributed by atoms with Crippen LogP contribution in [0, 0.1) is 40.4 Å². The molecule has 0 bridgehead atoms. The van der Waals surface area contributed by atoms with E-state index in [1.165, 1.54) is 57.8 Å². The Labute approximate surface area is 143 Å². The summed E-state index contributed by atoms with van der Waals surface area (Å²) in [4.78, 5) is 0. The highest BCUT2D eigenvalue weighted by molar-refractivity contribution is 5.08. The fourth-order valence-corrected chi connectivity index (χ4v) is 7.77. The Hall–Kier alpha value is -0.460. The highest BCUT2D eigenvalue weighted by atomic mass is 16.5. The summed E-state index contributed by atoms with van der Waals surface area (Å²) in [5.74, 6) is 4.63. The van der Waals surface area contributed by atoms with E-state index >= 15 is 0 Å². The fraction of sp³-hybridized carbons (Fsp3) is 0.909. The summed E-state index contributed by atoms with van der Waals surface area (Å²) in [5, 5.41) is 0. The SMILES string of the molecule is C=CO[C@H]1C[C@@]2(C)[C@@H](CC[C@H]3[C@@H]4CCC[C@@]4(C)CC[C@@H]32)C[C@@H]1C. The molecule has 4 rings (SSSR count). The number of rotatable bonds is 2. The van der Waals surface area contributed by atoms with Crippen LogP contribution in [0.3, 0.4) is 0 Å². The maximum Gasteiger partial charge on any atom is 0.101 e. The zero-order valence-corrected chi connectivity index (χ0v) is 15.5. The van der Waals surface area contributed by atoms with E-state index in [4.69, 9.17) is 4.74 Å². The largest absolute Gasteiger partial charge is 0.498 e. The smallest absolute Gasteiger partial charge is 0.101 e. The lowest BCUT2D eigenvalue weighted by atomic mass is 9.44. The first-order valence-corrected chi connectivity index (χ1v) is 10.2. The normalized spacial score (nSPS) is 55.4. The molecule has 1 nitrogen and oxygen atoms in total. The molecule has 0 spiro atoms. The number of ether oxygens (including phenoxy) is 1. The van der Waals surface area contributed by atoms with Crippen LogP contribution in [0.5, 0.6) is 0 Å². The predicted molar refractivity (Wildman–Crippen MR) is 96.0 cm³/mol. The minimum Gasteiger partial charge on any atom is -0.498 e. The van der Waals surface area contributed by atoms with Gasteiger partial charge in [0.15, 0.2) is 0 Å². The molecule has 0 unspecified atom stereocenters. The van der Waals surface area contributed by atoms with Crippen molar-refractivity contribution in [1.29, 1.82) is 0 Å². The van der Waals surface area contributed by atoms with Gasteiger partial charge in [-0.2, -0.15) is 0 Å². The molecule has 1 heteroatoms. The monoisotopic (exact) mass is 316 g/mol. The predicted octanol–water partition coefficient (Wildman–Crippen LogP) is 6.19. The van der Waals surface area contributed by atoms with Gasteiger partial charge in [-0.05, 0) is 91.8 Å². The second-order valence-electron chi connectivity index (χ2n) is 10.0. The van der Waals surface area contributed by atoms with Gasteiger partial charge < -0.3 is 4.74 Å². The molecule has 0 N–H and O–H groups in total. The molecule has 23 heavy (non-hydrogen) atoms. The summed E-state index contributed by atoms with van der Waals surface area (Å²) in [5.41, 5.74) is 1.20. The van der Waals surface area contributed by atoms with Crippen LogP contribution in [0.2, 0.25) is 0 Å². The van der Waals surface area contributed by atoms with Crippen molar-refractivity contribution in [3.8, 4) is 0 Å². The number of hydrogen-bond acceptors (Lipinski definition) is 1. The van der Waals surface area contributed by atoms with Crippen molar-refractivity contribution in [2.75, 3.05) is 0 Å². The molecule has 0 aromatic rings. The van der Waals surface area contributed by atoms with Crippen LogP contribution in [0.4, 0.5) is 0 Å². The molecule has 4 saturated carbocycles. The summed E-state index contributed by atoms with van der Waals surface area (Å²) in [6.07, 6.45) is 15.2. The standard InChI is InChI=1S/C22H36O/c1-5-23-20-14-22(4)16(13-15(20)2)8-9-17-18-7-6-11-21(18,3)12-10-19(17)22/h5,15-20H,1,6-14H2,2-4H3/t15-,16-,17-,18-,19-,20-,21-,22-/m0/s1. The summed E-state index contributed by atoms with van der Waals surface area (Å²) in [6, 6.07) is 0. The molecule has 4 aliphatic rings. The van der Waals surface area contributed by atoms with Crippen LogP contribution < -0.4 is 0 Å². The van der Waals surface area contributed by atoms with E-state index in [-0.39, 0.29) is 0 Å². The fourth-order valence-electron chi connectivity index (χ4n) is 7.77. The van der Waals surface area contributed by atoms with Gasteiger partial charge in [-0.25, -0.2) is 0 Å². The van der Waals surface area contributed by atoms with Crippen LogP contribution >= 0.6 is 0 Å². The van der Waals surface area contributed by atoms with Gasteiger partial charge in [-0.1, -0.05) is 33.8 Å². The van der Waals surface area contributed by atoms with Gasteiger partial charge >= 0.3 is 0 Å². The topological polar surface area (TPSA) is 9.23 Å². The molecule has 0 aromatic carbocycles. The highest BCUT2D eigenvalue weighted by Gasteiger charge is 2.58.